The minimum absolute atomic E-state index is 0.959. The molecule has 0 spiro atoms. The zero-order valence-corrected chi connectivity index (χ0v) is 12.6. The number of benzene rings is 2. The van der Waals surface area contributed by atoms with Crippen molar-refractivity contribution < 1.29 is 0 Å². The van der Waals surface area contributed by atoms with E-state index in [1.807, 2.05) is 24.3 Å². The van der Waals surface area contributed by atoms with Crippen LogP contribution in [0, 0.1) is 0 Å². The second kappa shape index (κ2) is 7.26. The highest BCUT2D eigenvalue weighted by Gasteiger charge is 1.93. The first-order valence-electron chi connectivity index (χ1n) is 5.89. The lowest BCUT2D eigenvalue weighted by atomic mass is 10.3. The Bertz CT molecular complexity index is 568. The Morgan fingerprint density at radius 1 is 0.947 bits per heavy atom. The summed E-state index contributed by atoms with van der Waals surface area (Å²) in [5.74, 6) is 0. The van der Waals surface area contributed by atoms with Crippen molar-refractivity contribution in [2.45, 2.75) is 9.79 Å². The summed E-state index contributed by atoms with van der Waals surface area (Å²) in [4.78, 5) is 6.87. The Hall–Kier alpha value is -1.39. The van der Waals surface area contributed by atoms with Crippen molar-refractivity contribution in [2.24, 2.45) is 4.99 Å². The highest BCUT2D eigenvalue weighted by atomic mass is 32.2. The van der Waals surface area contributed by atoms with Crippen molar-refractivity contribution >= 4 is 41.2 Å². The number of thioether (sulfide) groups is 2. The van der Waals surface area contributed by atoms with Gasteiger partial charge in [-0.2, -0.15) is 0 Å². The molecular formula is C15H16N2S2. The van der Waals surface area contributed by atoms with Gasteiger partial charge in [0.25, 0.3) is 0 Å². The van der Waals surface area contributed by atoms with Gasteiger partial charge < -0.3 is 5.32 Å². The van der Waals surface area contributed by atoms with Crippen molar-refractivity contribution in [1.29, 1.82) is 0 Å². The van der Waals surface area contributed by atoms with Crippen LogP contribution in [0.3, 0.4) is 0 Å². The van der Waals surface area contributed by atoms with Crippen molar-refractivity contribution in [3.63, 3.8) is 0 Å². The zero-order chi connectivity index (χ0) is 13.5. The lowest BCUT2D eigenvalue weighted by Crippen LogP contribution is -1.93. The third-order valence-electron chi connectivity index (χ3n) is 2.57. The maximum atomic E-state index is 4.41. The summed E-state index contributed by atoms with van der Waals surface area (Å²) in [6, 6.07) is 16.4. The SMILES string of the molecule is CSc1cccc(N=CNc2cccc(SC)c2)c1. The van der Waals surface area contributed by atoms with E-state index < -0.39 is 0 Å². The van der Waals surface area contributed by atoms with E-state index in [0.29, 0.717) is 0 Å². The third kappa shape index (κ3) is 4.33. The molecule has 0 aliphatic carbocycles. The number of hydrogen-bond acceptors (Lipinski definition) is 3. The van der Waals surface area contributed by atoms with Gasteiger partial charge in [-0.15, -0.1) is 23.5 Å². The van der Waals surface area contributed by atoms with Crippen LogP contribution in [-0.4, -0.2) is 18.9 Å². The number of rotatable bonds is 5. The quantitative estimate of drug-likeness (QED) is 0.481. The summed E-state index contributed by atoms with van der Waals surface area (Å²) in [7, 11) is 0. The van der Waals surface area contributed by atoms with Crippen molar-refractivity contribution in [2.75, 3.05) is 17.8 Å². The van der Waals surface area contributed by atoms with E-state index in [1.54, 1.807) is 29.9 Å². The van der Waals surface area contributed by atoms with E-state index in [4.69, 9.17) is 0 Å². The molecule has 0 saturated carbocycles. The summed E-state index contributed by atoms with van der Waals surface area (Å²) in [6.07, 6.45) is 5.87. The van der Waals surface area contributed by atoms with Crippen LogP contribution in [0.5, 0.6) is 0 Å². The molecule has 1 N–H and O–H groups in total. The fraction of sp³-hybridized carbons (Fsp3) is 0.133. The maximum Gasteiger partial charge on any atom is 0.0930 e. The molecule has 0 unspecified atom stereocenters. The smallest absolute Gasteiger partial charge is 0.0930 e. The Morgan fingerprint density at radius 2 is 1.63 bits per heavy atom. The molecule has 0 amide bonds. The van der Waals surface area contributed by atoms with Gasteiger partial charge in [0, 0.05) is 15.5 Å². The molecule has 0 aliphatic rings. The summed E-state index contributed by atoms with van der Waals surface area (Å²) < 4.78 is 0. The molecule has 0 saturated heterocycles. The van der Waals surface area contributed by atoms with E-state index in [2.05, 4.69) is 47.1 Å². The van der Waals surface area contributed by atoms with Crippen molar-refractivity contribution in [1.82, 2.24) is 0 Å². The molecular weight excluding hydrogens is 272 g/mol. The van der Waals surface area contributed by atoms with Gasteiger partial charge in [-0.3, -0.25) is 0 Å². The van der Waals surface area contributed by atoms with Crippen LogP contribution in [0.4, 0.5) is 11.4 Å². The van der Waals surface area contributed by atoms with Gasteiger partial charge in [0.2, 0.25) is 0 Å². The van der Waals surface area contributed by atoms with Crippen LogP contribution in [0.2, 0.25) is 0 Å². The molecule has 2 nitrogen and oxygen atoms in total. The van der Waals surface area contributed by atoms with Crippen molar-refractivity contribution in [3.05, 3.63) is 48.5 Å². The minimum Gasteiger partial charge on any atom is -0.346 e. The van der Waals surface area contributed by atoms with E-state index in [0.717, 1.165) is 11.4 Å². The summed E-state index contributed by atoms with van der Waals surface area (Å²) in [5.41, 5.74) is 2.01. The second-order valence-corrected chi connectivity index (χ2v) is 5.60. The van der Waals surface area contributed by atoms with Crippen molar-refractivity contribution in [3.8, 4) is 0 Å². The molecule has 0 bridgehead atoms. The van der Waals surface area contributed by atoms with Crippen LogP contribution < -0.4 is 5.32 Å². The van der Waals surface area contributed by atoms with E-state index in [-0.39, 0.29) is 0 Å². The molecule has 2 aromatic carbocycles. The molecule has 2 aromatic rings. The number of nitrogens with zero attached hydrogens (tertiary/aromatic N) is 1. The first-order valence-corrected chi connectivity index (χ1v) is 8.34. The van der Waals surface area contributed by atoms with E-state index in [1.165, 1.54) is 9.79 Å². The molecule has 19 heavy (non-hydrogen) atoms. The Morgan fingerprint density at radius 3 is 2.37 bits per heavy atom. The molecule has 0 radical (unpaired) electrons. The maximum absolute atomic E-state index is 4.41. The largest absolute Gasteiger partial charge is 0.346 e. The average Bonchev–Trinajstić information content (AvgIpc) is 2.48. The van der Waals surface area contributed by atoms with E-state index >= 15 is 0 Å². The van der Waals surface area contributed by atoms with Gasteiger partial charge in [-0.05, 0) is 48.9 Å². The highest BCUT2D eigenvalue weighted by Crippen LogP contribution is 2.21. The predicted molar refractivity (Wildman–Crippen MR) is 88.2 cm³/mol. The van der Waals surface area contributed by atoms with Gasteiger partial charge in [0.1, 0.15) is 0 Å². The Labute approximate surface area is 122 Å². The fourth-order valence-corrected chi connectivity index (χ4v) is 2.50. The normalized spacial score (nSPS) is 10.8. The molecule has 0 fully saturated rings. The lowest BCUT2D eigenvalue weighted by molar-refractivity contribution is 1.41. The fourth-order valence-electron chi connectivity index (χ4n) is 1.58. The molecule has 4 heteroatoms. The summed E-state index contributed by atoms with van der Waals surface area (Å²) in [6.45, 7) is 0. The van der Waals surface area contributed by atoms with Gasteiger partial charge in [-0.1, -0.05) is 12.1 Å². The van der Waals surface area contributed by atoms with E-state index in [9.17, 15) is 0 Å². The van der Waals surface area contributed by atoms with Gasteiger partial charge >= 0.3 is 0 Å². The number of anilines is 1. The van der Waals surface area contributed by atoms with Crippen LogP contribution in [-0.2, 0) is 0 Å². The first-order chi connectivity index (χ1) is 9.31. The monoisotopic (exact) mass is 288 g/mol. The third-order valence-corrected chi connectivity index (χ3v) is 4.02. The van der Waals surface area contributed by atoms with Crippen LogP contribution >= 0.6 is 23.5 Å². The topological polar surface area (TPSA) is 24.4 Å². The first kappa shape index (κ1) is 14.0. The number of aliphatic imine (C=N–C) groups is 1. The van der Waals surface area contributed by atoms with Gasteiger partial charge in [0.15, 0.2) is 0 Å². The molecule has 0 atom stereocenters. The summed E-state index contributed by atoms with van der Waals surface area (Å²) >= 11 is 3.45. The second-order valence-electron chi connectivity index (χ2n) is 3.84. The average molecular weight is 288 g/mol. The Balaban J connectivity index is 2.02. The van der Waals surface area contributed by atoms with Gasteiger partial charge in [-0.25, -0.2) is 4.99 Å². The number of hydrogen-bond donors (Lipinski definition) is 1. The highest BCUT2D eigenvalue weighted by molar-refractivity contribution is 7.98. The summed E-state index contributed by atoms with van der Waals surface area (Å²) in [5, 5.41) is 3.19. The standard InChI is InChI=1S/C15H16N2S2/c1-18-14-7-3-5-12(9-14)16-11-17-13-6-4-8-15(10-13)19-2/h3-11H,1-2H3,(H,16,17). The molecule has 0 aliphatic heterocycles. The van der Waals surface area contributed by atoms with Crippen LogP contribution in [0.1, 0.15) is 0 Å². The van der Waals surface area contributed by atoms with Crippen LogP contribution in [0.25, 0.3) is 0 Å². The molecule has 98 valence electrons. The van der Waals surface area contributed by atoms with Gasteiger partial charge in [0.05, 0.1) is 12.0 Å². The molecule has 0 aromatic heterocycles. The zero-order valence-electron chi connectivity index (χ0n) is 11.0. The van der Waals surface area contributed by atoms with Crippen LogP contribution in [0.15, 0.2) is 63.3 Å². The minimum atomic E-state index is 0.959. The Kier molecular flexibility index (Phi) is 5.36. The predicted octanol–water partition coefficient (Wildman–Crippen LogP) is 4.90. The number of nitrogens with one attached hydrogen (secondary N) is 1. The molecule has 2 rings (SSSR count). The molecule has 0 heterocycles. The lowest BCUT2D eigenvalue weighted by Gasteiger charge is -2.02.